The summed E-state index contributed by atoms with van der Waals surface area (Å²) in [7, 11) is 1.38. The van der Waals surface area contributed by atoms with Gasteiger partial charge in [0.1, 0.15) is 0 Å². The summed E-state index contributed by atoms with van der Waals surface area (Å²) in [5, 5.41) is 9.88. The molecule has 1 aromatic heterocycles. The molecule has 0 unspecified atom stereocenters. The van der Waals surface area contributed by atoms with Gasteiger partial charge in [0.15, 0.2) is 0 Å². The van der Waals surface area contributed by atoms with Crippen LogP contribution in [0.4, 0.5) is 9.59 Å². The molecule has 1 aliphatic rings. The number of carbonyl (C=O) groups is 2. The molecule has 0 bridgehead atoms. The summed E-state index contributed by atoms with van der Waals surface area (Å²) in [4.78, 5) is 24.8. The van der Waals surface area contributed by atoms with Gasteiger partial charge in [-0.1, -0.05) is 0 Å². The van der Waals surface area contributed by atoms with Gasteiger partial charge in [-0.15, -0.1) is 0 Å². The lowest BCUT2D eigenvalue weighted by molar-refractivity contribution is 0.110. The van der Waals surface area contributed by atoms with E-state index in [4.69, 9.17) is 0 Å². The Morgan fingerprint density at radius 2 is 2.14 bits per heavy atom. The Kier molecular flexibility index (Phi) is 6.05. The standard InChI is InChI=1S/C14H23N5O3/c1-22-14(21)18-10-4-12(5-11-18)17-13(20)15-6-2-8-19-9-3-7-16-19/h3,7,9,12H,2,4-6,8,10-11H2,1H3,(H2,15,17,20). The van der Waals surface area contributed by atoms with E-state index in [0.717, 1.165) is 25.8 Å². The molecule has 1 saturated heterocycles. The van der Waals surface area contributed by atoms with Crippen molar-refractivity contribution in [3.8, 4) is 0 Å². The number of urea groups is 1. The molecule has 1 aromatic rings. The van der Waals surface area contributed by atoms with Crippen molar-refractivity contribution in [1.82, 2.24) is 25.3 Å². The minimum Gasteiger partial charge on any atom is -0.453 e. The first-order chi connectivity index (χ1) is 10.7. The number of piperidine rings is 1. The summed E-state index contributed by atoms with van der Waals surface area (Å²) in [6.45, 7) is 2.60. The topological polar surface area (TPSA) is 88.5 Å². The molecule has 0 radical (unpaired) electrons. The molecule has 1 fully saturated rings. The number of methoxy groups -OCH3 is 1. The molecule has 0 atom stereocenters. The molecule has 0 aromatic carbocycles. The number of aryl methyl sites for hydroxylation is 1. The Morgan fingerprint density at radius 3 is 2.77 bits per heavy atom. The lowest BCUT2D eigenvalue weighted by Gasteiger charge is -2.31. The van der Waals surface area contributed by atoms with Crippen LogP contribution >= 0.6 is 0 Å². The van der Waals surface area contributed by atoms with Crippen molar-refractivity contribution in [2.75, 3.05) is 26.7 Å². The van der Waals surface area contributed by atoms with E-state index >= 15 is 0 Å². The summed E-state index contributed by atoms with van der Waals surface area (Å²) < 4.78 is 6.52. The molecular weight excluding hydrogens is 286 g/mol. The smallest absolute Gasteiger partial charge is 0.409 e. The van der Waals surface area contributed by atoms with Crippen LogP contribution in [0.1, 0.15) is 19.3 Å². The summed E-state index contributed by atoms with van der Waals surface area (Å²) >= 11 is 0. The molecule has 8 nitrogen and oxygen atoms in total. The zero-order chi connectivity index (χ0) is 15.8. The van der Waals surface area contributed by atoms with Gasteiger partial charge in [0.05, 0.1) is 7.11 Å². The average Bonchev–Trinajstić information content (AvgIpc) is 3.05. The third kappa shape index (κ3) is 4.94. The van der Waals surface area contributed by atoms with E-state index in [1.807, 2.05) is 16.9 Å². The fourth-order valence-electron chi connectivity index (χ4n) is 2.45. The van der Waals surface area contributed by atoms with Crippen molar-refractivity contribution in [1.29, 1.82) is 0 Å². The van der Waals surface area contributed by atoms with Crippen molar-refractivity contribution in [2.45, 2.75) is 31.8 Å². The molecule has 2 rings (SSSR count). The molecule has 3 amide bonds. The number of rotatable bonds is 5. The van der Waals surface area contributed by atoms with Gasteiger partial charge in [0.2, 0.25) is 0 Å². The van der Waals surface area contributed by atoms with E-state index in [0.29, 0.717) is 19.6 Å². The van der Waals surface area contributed by atoms with Crippen LogP contribution < -0.4 is 10.6 Å². The number of nitrogens with zero attached hydrogens (tertiary/aromatic N) is 3. The Balaban J connectivity index is 1.57. The third-order valence-electron chi connectivity index (χ3n) is 3.67. The van der Waals surface area contributed by atoms with Crippen LogP contribution in [0, 0.1) is 0 Å². The Bertz CT molecular complexity index is 469. The molecule has 0 saturated carbocycles. The van der Waals surface area contributed by atoms with Gasteiger partial charge in [-0.3, -0.25) is 4.68 Å². The van der Waals surface area contributed by atoms with Crippen molar-refractivity contribution in [3.05, 3.63) is 18.5 Å². The van der Waals surface area contributed by atoms with E-state index < -0.39 is 0 Å². The van der Waals surface area contributed by atoms with E-state index in [1.165, 1.54) is 7.11 Å². The number of aromatic nitrogens is 2. The second-order valence-corrected chi connectivity index (χ2v) is 5.25. The molecule has 2 N–H and O–H groups in total. The molecule has 0 aliphatic carbocycles. The largest absolute Gasteiger partial charge is 0.453 e. The maximum absolute atomic E-state index is 11.8. The summed E-state index contributed by atoms with van der Waals surface area (Å²) in [5.74, 6) is 0. The molecule has 0 spiro atoms. The number of nitrogens with one attached hydrogen (secondary N) is 2. The monoisotopic (exact) mass is 309 g/mol. The van der Waals surface area contributed by atoms with E-state index in [-0.39, 0.29) is 18.2 Å². The van der Waals surface area contributed by atoms with Crippen molar-refractivity contribution in [3.63, 3.8) is 0 Å². The van der Waals surface area contributed by atoms with Crippen LogP contribution in [0.5, 0.6) is 0 Å². The first-order valence-electron chi connectivity index (χ1n) is 7.53. The first kappa shape index (κ1) is 16.1. The highest BCUT2D eigenvalue weighted by molar-refractivity contribution is 5.74. The highest BCUT2D eigenvalue weighted by atomic mass is 16.5. The first-order valence-corrected chi connectivity index (χ1v) is 7.53. The quantitative estimate of drug-likeness (QED) is 0.788. The number of amides is 3. The molecular formula is C14H23N5O3. The summed E-state index contributed by atoms with van der Waals surface area (Å²) in [6, 6.07) is 1.82. The second kappa shape index (κ2) is 8.26. The van der Waals surface area contributed by atoms with E-state index in [9.17, 15) is 9.59 Å². The molecule has 22 heavy (non-hydrogen) atoms. The lowest BCUT2D eigenvalue weighted by Crippen LogP contribution is -2.49. The Hall–Kier alpha value is -2.25. The normalized spacial score (nSPS) is 15.4. The summed E-state index contributed by atoms with van der Waals surface area (Å²) in [5.41, 5.74) is 0. The van der Waals surface area contributed by atoms with E-state index in [2.05, 4.69) is 20.5 Å². The number of carbonyl (C=O) groups excluding carboxylic acids is 2. The molecule has 2 heterocycles. The number of hydrogen-bond donors (Lipinski definition) is 2. The zero-order valence-corrected chi connectivity index (χ0v) is 12.8. The van der Waals surface area contributed by atoms with Gasteiger partial charge in [-0.2, -0.15) is 5.10 Å². The Morgan fingerprint density at radius 1 is 1.36 bits per heavy atom. The van der Waals surface area contributed by atoms with Crippen LogP contribution in [0.3, 0.4) is 0 Å². The van der Waals surface area contributed by atoms with Gasteiger partial charge in [-0.05, 0) is 25.3 Å². The SMILES string of the molecule is COC(=O)N1CCC(NC(=O)NCCCn2cccn2)CC1. The van der Waals surface area contributed by atoms with Crippen LogP contribution in [-0.2, 0) is 11.3 Å². The second-order valence-electron chi connectivity index (χ2n) is 5.25. The molecule has 122 valence electrons. The minimum absolute atomic E-state index is 0.104. The van der Waals surface area contributed by atoms with Crippen LogP contribution in [-0.4, -0.2) is 59.6 Å². The van der Waals surface area contributed by atoms with Gasteiger partial charge >= 0.3 is 12.1 Å². The van der Waals surface area contributed by atoms with Crippen LogP contribution in [0.2, 0.25) is 0 Å². The minimum atomic E-state index is -0.304. The molecule has 8 heteroatoms. The van der Waals surface area contributed by atoms with Gasteiger partial charge < -0.3 is 20.3 Å². The maximum Gasteiger partial charge on any atom is 0.409 e. The Labute approximate surface area is 129 Å². The fourth-order valence-corrected chi connectivity index (χ4v) is 2.45. The van der Waals surface area contributed by atoms with E-state index in [1.54, 1.807) is 11.1 Å². The molecule has 1 aliphatic heterocycles. The van der Waals surface area contributed by atoms with Crippen molar-refractivity contribution in [2.24, 2.45) is 0 Å². The van der Waals surface area contributed by atoms with Crippen LogP contribution in [0.25, 0.3) is 0 Å². The van der Waals surface area contributed by atoms with Crippen LogP contribution in [0.15, 0.2) is 18.5 Å². The average molecular weight is 309 g/mol. The maximum atomic E-state index is 11.8. The lowest BCUT2D eigenvalue weighted by atomic mass is 10.1. The van der Waals surface area contributed by atoms with Gasteiger partial charge in [-0.25, -0.2) is 9.59 Å². The van der Waals surface area contributed by atoms with Gasteiger partial charge in [0.25, 0.3) is 0 Å². The highest BCUT2D eigenvalue weighted by Gasteiger charge is 2.23. The zero-order valence-electron chi connectivity index (χ0n) is 12.8. The number of likely N-dealkylation sites (tertiary alicyclic amines) is 1. The number of hydrogen-bond acceptors (Lipinski definition) is 4. The predicted molar refractivity (Wildman–Crippen MR) is 80.4 cm³/mol. The van der Waals surface area contributed by atoms with Crippen molar-refractivity contribution >= 4 is 12.1 Å². The third-order valence-corrected chi connectivity index (χ3v) is 3.67. The van der Waals surface area contributed by atoms with Gasteiger partial charge in [0, 0.05) is 44.6 Å². The van der Waals surface area contributed by atoms with Crippen molar-refractivity contribution < 1.29 is 14.3 Å². The summed E-state index contributed by atoms with van der Waals surface area (Å²) in [6.07, 6.45) is 5.65. The predicted octanol–water partition coefficient (Wildman–Crippen LogP) is 0.803. The highest BCUT2D eigenvalue weighted by Crippen LogP contribution is 2.11. The number of ether oxygens (including phenoxy) is 1. The fraction of sp³-hybridized carbons (Fsp3) is 0.643.